The Morgan fingerprint density at radius 3 is 2.69 bits per heavy atom. The van der Waals surface area contributed by atoms with E-state index < -0.39 is 0 Å². The molecule has 0 bridgehead atoms. The Hall–Kier alpha value is -0.640. The summed E-state index contributed by atoms with van der Waals surface area (Å²) >= 11 is 5.38. The highest BCUT2D eigenvalue weighted by atomic mass is 32.1. The number of hydrogen-bond donors (Lipinski definition) is 1. The van der Waals surface area contributed by atoms with E-state index in [1.165, 1.54) is 19.3 Å². The highest BCUT2D eigenvalue weighted by Crippen LogP contribution is 2.46. The van der Waals surface area contributed by atoms with Gasteiger partial charge in [-0.3, -0.25) is 5.10 Å². The van der Waals surface area contributed by atoms with Crippen LogP contribution in [0.25, 0.3) is 0 Å². The minimum Gasteiger partial charge on any atom is -0.300 e. The average Bonchev–Trinajstić information content (AvgIpc) is 2.68. The molecule has 0 amide bonds. The van der Waals surface area contributed by atoms with Crippen LogP contribution in [-0.2, 0) is 0 Å². The Morgan fingerprint density at radius 1 is 1.50 bits per heavy atom. The Morgan fingerprint density at radius 2 is 2.19 bits per heavy atom. The van der Waals surface area contributed by atoms with E-state index in [-0.39, 0.29) is 0 Å². The summed E-state index contributed by atoms with van der Waals surface area (Å²) in [5.41, 5.74) is 0.339. The lowest BCUT2D eigenvalue weighted by Gasteiger charge is -2.29. The summed E-state index contributed by atoms with van der Waals surface area (Å²) in [4.78, 5) is 0. The molecule has 0 aliphatic heterocycles. The minimum absolute atomic E-state index is 0.339. The molecule has 1 aliphatic rings. The molecule has 1 aromatic heterocycles. The van der Waals surface area contributed by atoms with Crippen LogP contribution < -0.4 is 0 Å². The fraction of sp³-hybridized carbons (Fsp3) is 0.833. The Bertz CT molecular complexity index is 428. The number of H-pyrrole nitrogens is 1. The molecule has 0 spiro atoms. The standard InChI is InChI=1S/C12H21N3S/c1-8(2)10-13-14-11(16)15(10)9-6-5-7-12(9,3)4/h8-9H,5-7H2,1-4H3,(H,14,16). The van der Waals surface area contributed by atoms with E-state index in [4.69, 9.17) is 12.2 Å². The van der Waals surface area contributed by atoms with Crippen LogP contribution in [-0.4, -0.2) is 14.8 Å². The topological polar surface area (TPSA) is 33.6 Å². The molecule has 1 heterocycles. The number of aromatic nitrogens is 3. The maximum absolute atomic E-state index is 5.38. The molecule has 90 valence electrons. The van der Waals surface area contributed by atoms with E-state index in [0.717, 1.165) is 10.6 Å². The van der Waals surface area contributed by atoms with Crippen LogP contribution in [0.3, 0.4) is 0 Å². The van der Waals surface area contributed by atoms with Gasteiger partial charge in [0.25, 0.3) is 0 Å². The summed E-state index contributed by atoms with van der Waals surface area (Å²) < 4.78 is 3.04. The first-order valence-corrected chi connectivity index (χ1v) is 6.51. The monoisotopic (exact) mass is 239 g/mol. The first-order valence-electron chi connectivity index (χ1n) is 6.10. The van der Waals surface area contributed by atoms with Crippen molar-refractivity contribution in [3.8, 4) is 0 Å². The molecule has 1 aliphatic carbocycles. The molecule has 1 saturated carbocycles. The van der Waals surface area contributed by atoms with E-state index >= 15 is 0 Å². The summed E-state index contributed by atoms with van der Waals surface area (Å²) in [5.74, 6) is 1.52. The highest BCUT2D eigenvalue weighted by molar-refractivity contribution is 7.71. The fourth-order valence-corrected chi connectivity index (χ4v) is 3.08. The number of hydrogen-bond acceptors (Lipinski definition) is 2. The quantitative estimate of drug-likeness (QED) is 0.796. The van der Waals surface area contributed by atoms with Crippen molar-refractivity contribution < 1.29 is 0 Å². The third-order valence-corrected chi connectivity index (χ3v) is 4.05. The van der Waals surface area contributed by atoms with Crippen molar-refractivity contribution in [1.82, 2.24) is 14.8 Å². The van der Waals surface area contributed by atoms with Crippen LogP contribution in [0.2, 0.25) is 0 Å². The summed E-state index contributed by atoms with van der Waals surface area (Å²) in [7, 11) is 0. The zero-order valence-corrected chi connectivity index (χ0v) is 11.4. The van der Waals surface area contributed by atoms with Gasteiger partial charge in [0, 0.05) is 12.0 Å². The van der Waals surface area contributed by atoms with Crippen LogP contribution >= 0.6 is 12.2 Å². The highest BCUT2D eigenvalue weighted by Gasteiger charge is 2.37. The Kier molecular flexibility index (Phi) is 2.95. The molecule has 0 aromatic carbocycles. The van der Waals surface area contributed by atoms with Crippen LogP contribution in [0.1, 0.15) is 64.7 Å². The summed E-state index contributed by atoms with van der Waals surface area (Å²) in [6, 6.07) is 0.510. The molecular weight excluding hydrogens is 218 g/mol. The number of nitrogens with zero attached hydrogens (tertiary/aromatic N) is 2. The second-order valence-corrected chi connectivity index (χ2v) is 6.19. The zero-order valence-electron chi connectivity index (χ0n) is 10.6. The minimum atomic E-state index is 0.339. The molecule has 4 heteroatoms. The van der Waals surface area contributed by atoms with Gasteiger partial charge in [-0.05, 0) is 30.5 Å². The first-order chi connectivity index (χ1) is 7.43. The zero-order chi connectivity index (χ0) is 11.9. The maximum atomic E-state index is 5.38. The van der Waals surface area contributed by atoms with E-state index in [9.17, 15) is 0 Å². The molecule has 1 fully saturated rings. The number of nitrogens with one attached hydrogen (secondary N) is 1. The third-order valence-electron chi connectivity index (χ3n) is 3.76. The van der Waals surface area contributed by atoms with Gasteiger partial charge in [0.15, 0.2) is 4.77 Å². The van der Waals surface area contributed by atoms with E-state index in [1.807, 2.05) is 0 Å². The number of aromatic amines is 1. The molecule has 2 rings (SSSR count). The number of rotatable bonds is 2. The van der Waals surface area contributed by atoms with Crippen molar-refractivity contribution >= 4 is 12.2 Å². The largest absolute Gasteiger partial charge is 0.300 e. The summed E-state index contributed by atoms with van der Waals surface area (Å²) in [6.07, 6.45) is 3.80. The van der Waals surface area contributed by atoms with Gasteiger partial charge in [-0.15, -0.1) is 0 Å². The predicted octanol–water partition coefficient (Wildman–Crippen LogP) is 3.82. The van der Waals surface area contributed by atoms with E-state index in [1.54, 1.807) is 0 Å². The van der Waals surface area contributed by atoms with Crippen LogP contribution in [0.5, 0.6) is 0 Å². The van der Waals surface area contributed by atoms with Gasteiger partial charge in [0.05, 0.1) is 0 Å². The normalized spacial score (nSPS) is 24.2. The van der Waals surface area contributed by atoms with Gasteiger partial charge in [-0.25, -0.2) is 0 Å². The molecule has 0 saturated heterocycles. The van der Waals surface area contributed by atoms with Crippen LogP contribution in [0, 0.1) is 10.2 Å². The van der Waals surface area contributed by atoms with Gasteiger partial charge in [0.2, 0.25) is 0 Å². The molecule has 1 N–H and O–H groups in total. The third kappa shape index (κ3) is 1.83. The second kappa shape index (κ2) is 3.99. The molecule has 0 radical (unpaired) electrons. The molecular formula is C12H21N3S. The van der Waals surface area contributed by atoms with E-state index in [0.29, 0.717) is 17.4 Å². The van der Waals surface area contributed by atoms with Crippen molar-refractivity contribution in [2.24, 2.45) is 5.41 Å². The van der Waals surface area contributed by atoms with Crippen molar-refractivity contribution in [2.45, 2.75) is 58.9 Å². The SMILES string of the molecule is CC(C)c1n[nH]c(=S)n1C1CCCC1(C)C. The predicted molar refractivity (Wildman–Crippen MR) is 68.2 cm³/mol. The molecule has 16 heavy (non-hydrogen) atoms. The molecule has 1 atom stereocenters. The van der Waals surface area contributed by atoms with Gasteiger partial charge in [-0.1, -0.05) is 34.1 Å². The summed E-state index contributed by atoms with van der Waals surface area (Å²) in [6.45, 7) is 9.01. The van der Waals surface area contributed by atoms with Gasteiger partial charge >= 0.3 is 0 Å². The molecule has 1 unspecified atom stereocenters. The Balaban J connectivity index is 2.47. The second-order valence-electron chi connectivity index (χ2n) is 5.81. The maximum Gasteiger partial charge on any atom is 0.195 e. The van der Waals surface area contributed by atoms with E-state index in [2.05, 4.69) is 42.5 Å². The lowest BCUT2D eigenvalue weighted by molar-refractivity contribution is 0.252. The van der Waals surface area contributed by atoms with Crippen molar-refractivity contribution in [3.05, 3.63) is 10.6 Å². The smallest absolute Gasteiger partial charge is 0.195 e. The molecule has 1 aromatic rings. The summed E-state index contributed by atoms with van der Waals surface area (Å²) in [5, 5.41) is 7.32. The fourth-order valence-electron chi connectivity index (χ4n) is 2.81. The average molecular weight is 239 g/mol. The van der Waals surface area contributed by atoms with Crippen LogP contribution in [0.4, 0.5) is 0 Å². The lowest BCUT2D eigenvalue weighted by atomic mass is 9.87. The van der Waals surface area contributed by atoms with Crippen molar-refractivity contribution in [1.29, 1.82) is 0 Å². The Labute approximate surface area is 102 Å². The lowest BCUT2D eigenvalue weighted by Crippen LogP contribution is -2.23. The van der Waals surface area contributed by atoms with Crippen molar-refractivity contribution in [3.63, 3.8) is 0 Å². The van der Waals surface area contributed by atoms with Gasteiger partial charge < -0.3 is 4.57 Å². The van der Waals surface area contributed by atoms with Crippen LogP contribution in [0.15, 0.2) is 0 Å². The van der Waals surface area contributed by atoms with Gasteiger partial charge in [0.1, 0.15) is 5.82 Å². The molecule has 3 nitrogen and oxygen atoms in total. The van der Waals surface area contributed by atoms with Crippen molar-refractivity contribution in [2.75, 3.05) is 0 Å². The first kappa shape index (κ1) is 11.8. The van der Waals surface area contributed by atoms with Gasteiger partial charge in [-0.2, -0.15) is 5.10 Å².